The fourth-order valence-electron chi connectivity index (χ4n) is 8.76. The van der Waals surface area contributed by atoms with Gasteiger partial charge in [-0.1, -0.05) is 153 Å². The molecule has 0 bridgehead atoms. The Hall–Kier alpha value is -8.02. The summed E-state index contributed by atoms with van der Waals surface area (Å²) in [7, 11) is 0. The van der Waals surface area contributed by atoms with Gasteiger partial charge < -0.3 is 4.74 Å². The van der Waals surface area contributed by atoms with Gasteiger partial charge in [0.1, 0.15) is 17.3 Å². The topological polar surface area (TPSA) is 35.9 Å². The normalized spacial score (nSPS) is 13.8. The summed E-state index contributed by atoms with van der Waals surface area (Å²) >= 11 is 0. The lowest BCUT2D eigenvalue weighted by Crippen LogP contribution is -2.32. The molecule has 0 radical (unpaired) electrons. The number of hydrogen-bond donors (Lipinski definition) is 0. The van der Waals surface area contributed by atoms with Crippen molar-refractivity contribution in [1.29, 1.82) is 0 Å². The van der Waals surface area contributed by atoms with E-state index in [4.69, 9.17) is 23.4 Å². The molecule has 0 atom stereocenters. The van der Waals surface area contributed by atoms with Crippen molar-refractivity contribution < 1.29 is 23.0 Å². The standard InChI is InChI=1S/C59H46N4O/c1-40(2)34-42-32-33-60-57(35-42)63-54-31-28-46(43-17-7-4-8-18-43)36-53(54)52-30-29-49(38-56(52)63)64-48-24-14-23-47(37-48)61-39-62(58-41(3)16-13-27-55(58)61)59-50(44-19-9-5-10-20-44)25-15-26-51(59)45-21-11-6-12-22-45/h4-33,35-38,40H,34H2,1-3H3/i5D,6D,9D,10D,11D,12D,19D,20D,21D,22D. The minimum absolute atomic E-state index is 0.127. The Bertz CT molecular complexity index is 3950. The van der Waals surface area contributed by atoms with Gasteiger partial charge in [-0.2, -0.15) is 0 Å². The monoisotopic (exact) mass is 836 g/mol. The summed E-state index contributed by atoms with van der Waals surface area (Å²) in [6.45, 7) is 6.32. The molecule has 64 heavy (non-hydrogen) atoms. The second-order valence-corrected chi connectivity index (χ2v) is 16.2. The first-order valence-corrected chi connectivity index (χ1v) is 21.2. The van der Waals surface area contributed by atoms with Crippen molar-refractivity contribution in [3.8, 4) is 62.1 Å². The molecule has 0 unspecified atom stereocenters. The number of hydrogen-bond acceptors (Lipinski definition) is 2. The lowest BCUT2D eigenvalue weighted by molar-refractivity contribution is -0.571. The highest BCUT2D eigenvalue weighted by Gasteiger charge is 2.21. The predicted octanol–water partition coefficient (Wildman–Crippen LogP) is 14.5. The number of benzene rings is 8. The Morgan fingerprint density at radius 1 is 0.609 bits per heavy atom. The zero-order valence-corrected chi connectivity index (χ0v) is 35.3. The number of para-hydroxylation sites is 2. The van der Waals surface area contributed by atoms with Gasteiger partial charge in [0.15, 0.2) is 0 Å². The number of pyridine rings is 1. The van der Waals surface area contributed by atoms with Gasteiger partial charge in [-0.05, 0) is 118 Å². The molecule has 5 nitrogen and oxygen atoms in total. The van der Waals surface area contributed by atoms with E-state index in [1.165, 1.54) is 5.56 Å². The average Bonchev–Trinajstić information content (AvgIpc) is 3.96. The molecule has 0 amide bonds. The molecular formula is C59H46N4O. The molecule has 0 saturated heterocycles. The lowest BCUT2D eigenvalue weighted by atomic mass is 9.95. The predicted molar refractivity (Wildman–Crippen MR) is 262 cm³/mol. The minimum atomic E-state index is -0.565. The smallest absolute Gasteiger partial charge is 0.269 e. The van der Waals surface area contributed by atoms with Crippen molar-refractivity contribution >= 4 is 32.8 Å². The zero-order valence-electron chi connectivity index (χ0n) is 45.3. The molecule has 0 aliphatic carbocycles. The van der Waals surface area contributed by atoms with Gasteiger partial charge in [0.25, 0.3) is 6.33 Å². The van der Waals surface area contributed by atoms with Crippen LogP contribution < -0.4 is 9.30 Å². The molecule has 11 rings (SSSR count). The van der Waals surface area contributed by atoms with Crippen molar-refractivity contribution in [1.82, 2.24) is 14.1 Å². The Morgan fingerprint density at radius 3 is 2.08 bits per heavy atom. The van der Waals surface area contributed by atoms with Gasteiger partial charge in [-0.3, -0.25) is 13.7 Å². The van der Waals surface area contributed by atoms with Gasteiger partial charge in [-0.25, -0.2) is 4.98 Å². The highest BCUT2D eigenvalue weighted by molar-refractivity contribution is 6.10. The van der Waals surface area contributed by atoms with Crippen LogP contribution in [-0.2, 0) is 6.42 Å². The van der Waals surface area contributed by atoms with E-state index >= 15 is 0 Å². The maximum atomic E-state index is 9.07. The Kier molecular flexibility index (Phi) is 7.49. The molecule has 308 valence electrons. The van der Waals surface area contributed by atoms with Crippen LogP contribution in [0, 0.1) is 19.2 Å². The molecule has 0 fully saturated rings. The maximum absolute atomic E-state index is 9.07. The van der Waals surface area contributed by atoms with E-state index in [1.54, 1.807) is 22.8 Å². The van der Waals surface area contributed by atoms with E-state index in [-0.39, 0.29) is 27.9 Å². The van der Waals surface area contributed by atoms with Crippen LogP contribution in [0.5, 0.6) is 11.5 Å². The number of aromatic nitrogens is 4. The molecule has 3 heterocycles. The summed E-state index contributed by atoms with van der Waals surface area (Å²) in [6.07, 6.45) is 6.27. The molecule has 5 heteroatoms. The minimum Gasteiger partial charge on any atom is -0.458 e. The summed E-state index contributed by atoms with van der Waals surface area (Å²) in [6, 6.07) is 40.0. The van der Waals surface area contributed by atoms with Gasteiger partial charge in [0.2, 0.25) is 0 Å². The number of nitrogens with zero attached hydrogens (tertiary/aromatic N) is 4. The SMILES string of the molecule is [2H]c1c([2H])c([2H])c(-c2cccc(-c3c([2H])c([2H])c([2H])c([2H])c3[2H])c2-[n+]2[c-]n(-c3cccc(Oc4ccc5c6cc(-c7ccccc7)ccc6n(-c6cc(CC(C)C)ccn6)c5c4)c3)c3cccc(C)c32)c([2H])c1[2H]. The molecule has 11 aromatic rings. The zero-order chi connectivity index (χ0) is 51.9. The first-order valence-electron chi connectivity index (χ1n) is 26.2. The van der Waals surface area contributed by atoms with Crippen LogP contribution in [0.15, 0.2) is 206 Å². The van der Waals surface area contributed by atoms with Crippen LogP contribution in [0.3, 0.4) is 0 Å². The number of ether oxygens (including phenoxy) is 1. The van der Waals surface area contributed by atoms with E-state index in [1.807, 2.05) is 90.5 Å². The molecular weight excluding hydrogens is 781 g/mol. The van der Waals surface area contributed by atoms with Crippen molar-refractivity contribution in [2.75, 3.05) is 0 Å². The summed E-state index contributed by atoms with van der Waals surface area (Å²) < 4.78 is 99.9. The lowest BCUT2D eigenvalue weighted by Gasteiger charge is -2.17. The van der Waals surface area contributed by atoms with E-state index in [0.717, 1.165) is 50.7 Å². The summed E-state index contributed by atoms with van der Waals surface area (Å²) in [5.41, 5.74) is 8.29. The van der Waals surface area contributed by atoms with Crippen LogP contribution in [0.1, 0.15) is 38.7 Å². The fraction of sp³-hybridized carbons (Fsp3) is 0.0847. The van der Waals surface area contributed by atoms with Gasteiger partial charge in [0.05, 0.1) is 47.1 Å². The number of imidazole rings is 1. The average molecular weight is 837 g/mol. The molecule has 0 spiro atoms. The van der Waals surface area contributed by atoms with Gasteiger partial charge in [-0.15, -0.1) is 0 Å². The third-order valence-electron chi connectivity index (χ3n) is 11.5. The van der Waals surface area contributed by atoms with E-state index in [9.17, 15) is 0 Å². The number of aryl methyl sites for hydroxylation is 1. The van der Waals surface area contributed by atoms with Crippen LogP contribution in [0.2, 0.25) is 0 Å². The third kappa shape index (κ3) is 7.11. The first-order chi connectivity index (χ1) is 35.6. The van der Waals surface area contributed by atoms with Crippen LogP contribution >= 0.6 is 0 Å². The molecule has 3 aromatic heterocycles. The molecule has 0 aliphatic rings. The van der Waals surface area contributed by atoms with Crippen molar-refractivity contribution in [2.45, 2.75) is 27.2 Å². The maximum Gasteiger partial charge on any atom is 0.269 e. The summed E-state index contributed by atoms with van der Waals surface area (Å²) in [5, 5.41) is 2.11. The second kappa shape index (κ2) is 16.4. The Balaban J connectivity index is 1.08. The Morgan fingerprint density at radius 2 is 1.33 bits per heavy atom. The summed E-state index contributed by atoms with van der Waals surface area (Å²) in [4.78, 5) is 4.90. The second-order valence-electron chi connectivity index (χ2n) is 16.2. The highest BCUT2D eigenvalue weighted by atomic mass is 16.5. The molecule has 8 aromatic carbocycles. The first kappa shape index (κ1) is 29.3. The largest absolute Gasteiger partial charge is 0.458 e. The van der Waals surface area contributed by atoms with Crippen LogP contribution in [0.25, 0.3) is 83.4 Å². The Labute approximate surface area is 387 Å². The van der Waals surface area contributed by atoms with Crippen molar-refractivity contribution in [3.05, 3.63) is 224 Å². The van der Waals surface area contributed by atoms with Crippen molar-refractivity contribution in [3.63, 3.8) is 0 Å². The quantitative estimate of drug-likeness (QED) is 0.102. The van der Waals surface area contributed by atoms with E-state index in [0.29, 0.717) is 34.1 Å². The van der Waals surface area contributed by atoms with Crippen LogP contribution in [0.4, 0.5) is 0 Å². The summed E-state index contributed by atoms with van der Waals surface area (Å²) in [5.74, 6) is 2.37. The van der Waals surface area contributed by atoms with Crippen LogP contribution in [-0.4, -0.2) is 14.1 Å². The highest BCUT2D eigenvalue weighted by Crippen LogP contribution is 2.39. The third-order valence-corrected chi connectivity index (χ3v) is 11.5. The molecule has 0 N–H and O–H groups in total. The van der Waals surface area contributed by atoms with E-state index < -0.39 is 60.4 Å². The van der Waals surface area contributed by atoms with E-state index in [2.05, 4.69) is 73.3 Å². The fourth-order valence-corrected chi connectivity index (χ4v) is 8.76. The molecule has 0 aliphatic heterocycles. The number of rotatable bonds is 10. The molecule has 0 saturated carbocycles. The van der Waals surface area contributed by atoms with Gasteiger partial charge >= 0.3 is 0 Å². The van der Waals surface area contributed by atoms with Crippen molar-refractivity contribution in [2.24, 2.45) is 5.92 Å². The number of fused-ring (bicyclic) bond motifs is 4. The van der Waals surface area contributed by atoms with Gasteiger partial charge in [0, 0.05) is 23.0 Å².